The first-order valence-electron chi connectivity index (χ1n) is 15.7. The van der Waals surface area contributed by atoms with Gasteiger partial charge in [-0.05, 0) is 98.4 Å². The second kappa shape index (κ2) is 11.5. The molecule has 0 aromatic carbocycles. The van der Waals surface area contributed by atoms with Crippen molar-refractivity contribution in [3.63, 3.8) is 0 Å². The Hall–Kier alpha value is -1.54. The molecule has 0 aromatic heterocycles. The van der Waals surface area contributed by atoms with Crippen LogP contribution in [0.15, 0.2) is 18.4 Å². The van der Waals surface area contributed by atoms with E-state index in [9.17, 15) is 9.59 Å². The normalized spacial score (nSPS) is 38.9. The van der Waals surface area contributed by atoms with Crippen molar-refractivity contribution in [3.8, 4) is 0 Å². The van der Waals surface area contributed by atoms with E-state index in [0.717, 1.165) is 56.3 Å². The second-order valence-electron chi connectivity index (χ2n) is 14.2. The van der Waals surface area contributed by atoms with Gasteiger partial charge in [-0.2, -0.15) is 0 Å². The minimum atomic E-state index is -0.841. The fraction of sp³-hybridized carbons (Fsp3) is 0.853. The molecule has 0 bridgehead atoms. The quantitative estimate of drug-likeness (QED) is 0.171. The summed E-state index contributed by atoms with van der Waals surface area (Å²) in [4.78, 5) is 24.8. The van der Waals surface area contributed by atoms with Crippen molar-refractivity contribution >= 4 is 11.9 Å². The molecule has 0 heterocycles. The molecule has 0 aliphatic heterocycles. The van der Waals surface area contributed by atoms with Gasteiger partial charge < -0.3 is 9.47 Å². The lowest BCUT2D eigenvalue weighted by Crippen LogP contribution is -2.64. The third-order valence-corrected chi connectivity index (χ3v) is 12.0. The molecule has 0 aromatic rings. The lowest BCUT2D eigenvalue weighted by molar-refractivity contribution is -0.275. The summed E-state index contributed by atoms with van der Waals surface area (Å²) in [6.07, 6.45) is 16.8. The van der Waals surface area contributed by atoms with E-state index < -0.39 is 11.7 Å². The largest absolute Gasteiger partial charge is 0.425 e. The van der Waals surface area contributed by atoms with Gasteiger partial charge in [-0.1, -0.05) is 66.4 Å². The van der Waals surface area contributed by atoms with Gasteiger partial charge >= 0.3 is 11.9 Å². The summed E-state index contributed by atoms with van der Waals surface area (Å²) in [5.74, 6) is 3.26. The molecular weight excluding hydrogens is 472 g/mol. The van der Waals surface area contributed by atoms with Gasteiger partial charge in [-0.3, -0.25) is 9.59 Å². The van der Waals surface area contributed by atoms with Gasteiger partial charge in [0.25, 0.3) is 6.29 Å². The van der Waals surface area contributed by atoms with Crippen LogP contribution in [-0.4, -0.2) is 18.2 Å². The van der Waals surface area contributed by atoms with Gasteiger partial charge in [0, 0.05) is 19.3 Å². The second-order valence-corrected chi connectivity index (χ2v) is 14.2. The van der Waals surface area contributed by atoms with Crippen LogP contribution in [0.5, 0.6) is 0 Å². The smallest absolute Gasteiger partial charge is 0.305 e. The molecule has 4 heteroatoms. The topological polar surface area (TPSA) is 52.6 Å². The van der Waals surface area contributed by atoms with Crippen LogP contribution < -0.4 is 0 Å². The highest BCUT2D eigenvalue weighted by Gasteiger charge is 2.69. The van der Waals surface area contributed by atoms with Crippen molar-refractivity contribution in [1.29, 1.82) is 0 Å². The number of fused-ring (bicyclic) bond motifs is 5. The van der Waals surface area contributed by atoms with Gasteiger partial charge in [-0.25, -0.2) is 0 Å². The number of hydrogen-bond donors (Lipinski definition) is 0. The Balaban J connectivity index is 1.70. The summed E-state index contributed by atoms with van der Waals surface area (Å²) in [6, 6.07) is 0. The molecule has 4 aliphatic rings. The van der Waals surface area contributed by atoms with Gasteiger partial charge in [0.05, 0.1) is 5.41 Å². The zero-order chi connectivity index (χ0) is 27.7. The van der Waals surface area contributed by atoms with E-state index in [0.29, 0.717) is 23.2 Å². The van der Waals surface area contributed by atoms with E-state index in [1.807, 2.05) is 0 Å². The van der Waals surface area contributed by atoms with Crippen LogP contribution in [0.2, 0.25) is 0 Å². The molecule has 1 unspecified atom stereocenters. The standard InChI is InChI=1S/C34H54O4/c1-8-18-33-19-9-10-20-34(33,31(37-25(5)35)38-26(6)36)30-17-21-32(7)28(24(4)13-11-12-23(2)3)14-15-29(32)27(30)16-22-33/h18,23-24,27-31H,1,9-17,19-22H2,2-7H3/t24-,27+,28-,29+,30+,32-,33?,34-/m1/s1. The zero-order valence-electron chi connectivity index (χ0n) is 25.2. The maximum Gasteiger partial charge on any atom is 0.305 e. The number of carbonyl (C=O) groups excluding carboxylic acids is 2. The summed E-state index contributed by atoms with van der Waals surface area (Å²) in [5.41, 5.74) is 2.93. The van der Waals surface area contributed by atoms with E-state index in [1.165, 1.54) is 58.8 Å². The number of ether oxygens (including phenoxy) is 2. The average molecular weight is 527 g/mol. The summed E-state index contributed by atoms with van der Waals surface area (Å²) < 4.78 is 12.0. The number of rotatable bonds is 9. The maximum absolute atomic E-state index is 12.4. The first-order chi connectivity index (χ1) is 18.0. The minimum absolute atomic E-state index is 0.195. The van der Waals surface area contributed by atoms with Crippen molar-refractivity contribution in [1.82, 2.24) is 0 Å². The Labute approximate surface area is 232 Å². The molecule has 38 heavy (non-hydrogen) atoms. The predicted octanol–water partition coefficient (Wildman–Crippen LogP) is 8.64. The average Bonchev–Trinajstić information content (AvgIpc) is 3.20. The molecule has 0 N–H and O–H groups in total. The molecular formula is C34H54O4. The Morgan fingerprint density at radius 2 is 1.61 bits per heavy atom. The van der Waals surface area contributed by atoms with Crippen molar-refractivity contribution in [2.24, 2.45) is 51.8 Å². The van der Waals surface area contributed by atoms with Gasteiger partial charge in [0.1, 0.15) is 0 Å². The molecule has 8 atom stereocenters. The molecule has 0 radical (unpaired) electrons. The molecule has 4 rings (SSSR count). The van der Waals surface area contributed by atoms with E-state index in [1.54, 1.807) is 0 Å². The minimum Gasteiger partial charge on any atom is -0.425 e. The molecule has 214 valence electrons. The Morgan fingerprint density at radius 3 is 2.24 bits per heavy atom. The van der Waals surface area contributed by atoms with Crippen molar-refractivity contribution in [3.05, 3.63) is 18.4 Å². The van der Waals surface area contributed by atoms with Crippen LogP contribution in [0.3, 0.4) is 0 Å². The zero-order valence-corrected chi connectivity index (χ0v) is 25.2. The first kappa shape index (κ1) is 29.4. The SMILES string of the molecule is C=C=CC12CCCC[C@]1(C(OC(C)=O)OC(C)=O)[C@H]1CC[C@]3(C)[C@@H]([C@H](C)CCCC(C)C)CC[C@H]3[C@@H]1CC2. The van der Waals surface area contributed by atoms with Crippen LogP contribution in [-0.2, 0) is 19.1 Å². The molecule has 4 fully saturated rings. The Bertz CT molecular complexity index is 901. The highest BCUT2D eigenvalue weighted by atomic mass is 16.7. The first-order valence-corrected chi connectivity index (χ1v) is 15.7. The molecule has 4 saturated carbocycles. The predicted molar refractivity (Wildman–Crippen MR) is 152 cm³/mol. The third kappa shape index (κ3) is 5.04. The Morgan fingerprint density at radius 1 is 0.921 bits per heavy atom. The van der Waals surface area contributed by atoms with Crippen LogP contribution in [0, 0.1) is 51.8 Å². The highest BCUT2D eigenvalue weighted by molar-refractivity contribution is 5.68. The number of esters is 2. The molecule has 4 nitrogen and oxygen atoms in total. The number of carbonyl (C=O) groups is 2. The van der Waals surface area contributed by atoms with Crippen molar-refractivity contribution < 1.29 is 19.1 Å². The van der Waals surface area contributed by atoms with E-state index in [4.69, 9.17) is 9.47 Å². The number of hydrogen-bond acceptors (Lipinski definition) is 4. The monoisotopic (exact) mass is 526 g/mol. The third-order valence-electron chi connectivity index (χ3n) is 12.0. The fourth-order valence-corrected chi connectivity index (χ4v) is 10.6. The van der Waals surface area contributed by atoms with Gasteiger partial charge in [-0.15, -0.1) is 5.73 Å². The van der Waals surface area contributed by atoms with E-state index in [2.05, 4.69) is 46.1 Å². The molecule has 0 spiro atoms. The fourth-order valence-electron chi connectivity index (χ4n) is 10.6. The van der Waals surface area contributed by atoms with E-state index >= 15 is 0 Å². The highest BCUT2D eigenvalue weighted by Crippen LogP contribution is 2.73. The van der Waals surface area contributed by atoms with Crippen LogP contribution in [0.25, 0.3) is 0 Å². The van der Waals surface area contributed by atoms with Gasteiger partial charge in [0.2, 0.25) is 0 Å². The van der Waals surface area contributed by atoms with Crippen molar-refractivity contribution in [2.75, 3.05) is 0 Å². The summed E-state index contributed by atoms with van der Waals surface area (Å²) in [6.45, 7) is 16.7. The van der Waals surface area contributed by atoms with Crippen LogP contribution >= 0.6 is 0 Å². The molecule has 4 aliphatic carbocycles. The van der Waals surface area contributed by atoms with Crippen LogP contribution in [0.4, 0.5) is 0 Å². The number of allylic oxidation sites excluding steroid dienone is 1. The molecule has 0 amide bonds. The van der Waals surface area contributed by atoms with Gasteiger partial charge in [0.15, 0.2) is 0 Å². The lowest BCUT2D eigenvalue weighted by Gasteiger charge is -2.66. The summed E-state index contributed by atoms with van der Waals surface area (Å²) in [7, 11) is 0. The Kier molecular flexibility index (Phi) is 8.93. The lowest BCUT2D eigenvalue weighted by atomic mass is 9.39. The molecule has 0 saturated heterocycles. The summed E-state index contributed by atoms with van der Waals surface area (Å²) in [5, 5.41) is 0. The van der Waals surface area contributed by atoms with E-state index in [-0.39, 0.29) is 17.4 Å². The summed E-state index contributed by atoms with van der Waals surface area (Å²) >= 11 is 0. The maximum atomic E-state index is 12.4. The van der Waals surface area contributed by atoms with Crippen LogP contribution in [0.1, 0.15) is 125 Å². The van der Waals surface area contributed by atoms with Crippen molar-refractivity contribution in [2.45, 2.75) is 131 Å².